The molecule has 1 aromatic heterocycles. The Balaban J connectivity index is 2.10. The molecular formula is C13H16N4O3. The van der Waals surface area contributed by atoms with E-state index in [2.05, 4.69) is 11.1 Å². The number of aromatic nitrogens is 1. The van der Waals surface area contributed by atoms with Gasteiger partial charge in [0.05, 0.1) is 19.4 Å². The minimum absolute atomic E-state index is 0.408. The number of rotatable bonds is 3. The Labute approximate surface area is 117 Å². The summed E-state index contributed by atoms with van der Waals surface area (Å²) in [6.45, 7) is 1.87. The molecule has 7 heteroatoms. The summed E-state index contributed by atoms with van der Waals surface area (Å²) in [5.74, 6) is 0.604. The number of methoxy groups -OCH3 is 1. The summed E-state index contributed by atoms with van der Waals surface area (Å²) in [5.41, 5.74) is 0.760. The third kappa shape index (κ3) is 2.97. The van der Waals surface area contributed by atoms with Gasteiger partial charge in [-0.15, -0.1) is 0 Å². The van der Waals surface area contributed by atoms with E-state index in [1.165, 1.54) is 4.90 Å². The topological polar surface area (TPSA) is 89.7 Å². The number of nitriles is 1. The van der Waals surface area contributed by atoms with Gasteiger partial charge in [-0.05, 0) is 6.07 Å². The van der Waals surface area contributed by atoms with Crippen molar-refractivity contribution in [1.82, 2.24) is 14.8 Å². The molecule has 1 aliphatic heterocycles. The van der Waals surface area contributed by atoms with Crippen molar-refractivity contribution in [2.75, 3.05) is 33.3 Å². The van der Waals surface area contributed by atoms with Gasteiger partial charge in [-0.2, -0.15) is 5.26 Å². The maximum atomic E-state index is 10.9. The van der Waals surface area contributed by atoms with Crippen LogP contribution < -0.4 is 4.74 Å². The van der Waals surface area contributed by atoms with Crippen LogP contribution in [0.3, 0.4) is 0 Å². The van der Waals surface area contributed by atoms with Crippen LogP contribution in [0.1, 0.15) is 11.6 Å². The maximum absolute atomic E-state index is 10.9. The Morgan fingerprint density at radius 3 is 2.70 bits per heavy atom. The second-order valence-electron chi connectivity index (χ2n) is 4.50. The van der Waals surface area contributed by atoms with Crippen molar-refractivity contribution < 1.29 is 14.6 Å². The molecule has 0 saturated carbocycles. The van der Waals surface area contributed by atoms with Crippen molar-refractivity contribution in [3.63, 3.8) is 0 Å². The molecular weight excluding hydrogens is 260 g/mol. The molecule has 0 spiro atoms. The number of nitrogens with zero attached hydrogens (tertiary/aromatic N) is 4. The Morgan fingerprint density at radius 1 is 1.45 bits per heavy atom. The molecule has 1 amide bonds. The molecule has 1 N–H and O–H groups in total. The molecule has 0 radical (unpaired) electrons. The number of hydrogen-bond donors (Lipinski definition) is 1. The highest BCUT2D eigenvalue weighted by atomic mass is 16.5. The lowest BCUT2D eigenvalue weighted by molar-refractivity contribution is 0.0958. The molecule has 7 nitrogen and oxygen atoms in total. The lowest BCUT2D eigenvalue weighted by atomic mass is 10.1. The molecule has 1 aromatic rings. The van der Waals surface area contributed by atoms with Crippen LogP contribution in [0.15, 0.2) is 18.5 Å². The van der Waals surface area contributed by atoms with Crippen molar-refractivity contribution in [1.29, 1.82) is 5.26 Å². The first kappa shape index (κ1) is 14.1. The van der Waals surface area contributed by atoms with Gasteiger partial charge in [-0.25, -0.2) is 4.79 Å². The van der Waals surface area contributed by atoms with Crippen LogP contribution in [-0.4, -0.2) is 59.3 Å². The van der Waals surface area contributed by atoms with Gasteiger partial charge in [0.2, 0.25) is 0 Å². The summed E-state index contributed by atoms with van der Waals surface area (Å²) in [6.07, 6.45) is 2.31. The summed E-state index contributed by atoms with van der Waals surface area (Å²) in [5, 5.41) is 18.3. The summed E-state index contributed by atoms with van der Waals surface area (Å²) in [4.78, 5) is 18.2. The van der Waals surface area contributed by atoms with Crippen LogP contribution in [0.5, 0.6) is 5.75 Å². The summed E-state index contributed by atoms with van der Waals surface area (Å²) in [7, 11) is 1.55. The highest BCUT2D eigenvalue weighted by molar-refractivity contribution is 5.65. The molecule has 1 aliphatic rings. The monoisotopic (exact) mass is 276 g/mol. The maximum Gasteiger partial charge on any atom is 0.407 e. The highest BCUT2D eigenvalue weighted by Gasteiger charge is 2.27. The quantitative estimate of drug-likeness (QED) is 0.884. The standard InChI is InChI=1S/C13H16N4O3/c1-20-11-6-10(8-15-9-11)12(7-14)16-2-4-17(5-3-16)13(18)19/h6,8-9,12H,2-5H2,1H3,(H,18,19). The number of hydrogen-bond acceptors (Lipinski definition) is 5. The third-order valence-corrected chi connectivity index (χ3v) is 3.36. The van der Waals surface area contributed by atoms with Gasteiger partial charge >= 0.3 is 6.09 Å². The predicted molar refractivity (Wildman–Crippen MR) is 70.3 cm³/mol. The van der Waals surface area contributed by atoms with Gasteiger partial charge in [0.1, 0.15) is 11.8 Å². The van der Waals surface area contributed by atoms with E-state index in [4.69, 9.17) is 9.84 Å². The minimum atomic E-state index is -0.916. The molecule has 2 heterocycles. The van der Waals surface area contributed by atoms with Crippen LogP contribution in [0.2, 0.25) is 0 Å². The van der Waals surface area contributed by atoms with Crippen molar-refractivity contribution in [3.05, 3.63) is 24.0 Å². The molecule has 0 aliphatic carbocycles. The average Bonchev–Trinajstić information content (AvgIpc) is 2.49. The molecule has 0 bridgehead atoms. The SMILES string of the molecule is COc1cncc(C(C#N)N2CCN(C(=O)O)CC2)c1. The number of carbonyl (C=O) groups is 1. The van der Waals surface area contributed by atoms with Crippen LogP contribution >= 0.6 is 0 Å². The van der Waals surface area contributed by atoms with E-state index >= 15 is 0 Å². The third-order valence-electron chi connectivity index (χ3n) is 3.36. The lowest BCUT2D eigenvalue weighted by Gasteiger charge is -2.35. The van der Waals surface area contributed by atoms with Gasteiger partial charge in [0.25, 0.3) is 0 Å². The zero-order chi connectivity index (χ0) is 14.5. The molecule has 0 aromatic carbocycles. The van der Waals surface area contributed by atoms with Gasteiger partial charge in [0, 0.05) is 37.9 Å². The average molecular weight is 276 g/mol. The number of pyridine rings is 1. The Bertz CT molecular complexity index is 521. The zero-order valence-electron chi connectivity index (χ0n) is 11.2. The molecule has 2 rings (SSSR count). The fourth-order valence-electron chi connectivity index (χ4n) is 2.24. The number of carboxylic acid groups (broad SMARTS) is 1. The molecule has 1 atom stereocenters. The van der Waals surface area contributed by atoms with Crippen molar-refractivity contribution in [3.8, 4) is 11.8 Å². The van der Waals surface area contributed by atoms with Crippen molar-refractivity contribution in [2.24, 2.45) is 0 Å². The van der Waals surface area contributed by atoms with E-state index < -0.39 is 12.1 Å². The second kappa shape index (κ2) is 6.21. The Hall–Kier alpha value is -2.33. The van der Waals surface area contributed by atoms with Crippen LogP contribution in [0.4, 0.5) is 4.79 Å². The fourth-order valence-corrected chi connectivity index (χ4v) is 2.24. The van der Waals surface area contributed by atoms with Gasteiger partial charge in [-0.1, -0.05) is 0 Å². The smallest absolute Gasteiger partial charge is 0.407 e. The second-order valence-corrected chi connectivity index (χ2v) is 4.50. The number of piperazine rings is 1. The first-order valence-electron chi connectivity index (χ1n) is 6.26. The van der Waals surface area contributed by atoms with E-state index in [0.29, 0.717) is 31.9 Å². The van der Waals surface area contributed by atoms with Crippen molar-refractivity contribution >= 4 is 6.09 Å². The lowest BCUT2D eigenvalue weighted by Crippen LogP contribution is -2.49. The van der Waals surface area contributed by atoms with Crippen LogP contribution in [-0.2, 0) is 0 Å². The normalized spacial score (nSPS) is 17.3. The van der Waals surface area contributed by atoms with Gasteiger partial charge < -0.3 is 14.7 Å². The summed E-state index contributed by atoms with van der Waals surface area (Å²) < 4.78 is 5.11. The van der Waals surface area contributed by atoms with E-state index in [1.807, 2.05) is 4.90 Å². The predicted octanol–water partition coefficient (Wildman–Crippen LogP) is 0.950. The van der Waals surface area contributed by atoms with Crippen molar-refractivity contribution in [2.45, 2.75) is 6.04 Å². The fraction of sp³-hybridized carbons (Fsp3) is 0.462. The van der Waals surface area contributed by atoms with Crippen LogP contribution in [0.25, 0.3) is 0 Å². The first-order chi connectivity index (χ1) is 9.65. The number of amides is 1. The zero-order valence-corrected chi connectivity index (χ0v) is 11.2. The largest absolute Gasteiger partial charge is 0.495 e. The molecule has 1 saturated heterocycles. The highest BCUT2D eigenvalue weighted by Crippen LogP contribution is 2.23. The summed E-state index contributed by atoms with van der Waals surface area (Å²) in [6, 6.07) is 3.59. The molecule has 1 unspecified atom stereocenters. The Morgan fingerprint density at radius 2 is 2.15 bits per heavy atom. The van der Waals surface area contributed by atoms with E-state index in [0.717, 1.165) is 5.56 Å². The molecule has 20 heavy (non-hydrogen) atoms. The Kier molecular flexibility index (Phi) is 4.38. The van der Waals surface area contributed by atoms with E-state index in [-0.39, 0.29) is 0 Å². The number of ether oxygens (including phenoxy) is 1. The molecule has 106 valence electrons. The van der Waals surface area contributed by atoms with Crippen LogP contribution in [0, 0.1) is 11.3 Å². The minimum Gasteiger partial charge on any atom is -0.495 e. The van der Waals surface area contributed by atoms with E-state index in [9.17, 15) is 10.1 Å². The van der Waals surface area contributed by atoms with Gasteiger partial charge in [-0.3, -0.25) is 9.88 Å². The molecule has 1 fully saturated rings. The van der Waals surface area contributed by atoms with E-state index in [1.54, 1.807) is 25.6 Å². The van der Waals surface area contributed by atoms with Gasteiger partial charge in [0.15, 0.2) is 0 Å². The first-order valence-corrected chi connectivity index (χ1v) is 6.26. The summed E-state index contributed by atoms with van der Waals surface area (Å²) >= 11 is 0.